The minimum absolute atomic E-state index is 0.754. The molecule has 0 radical (unpaired) electrons. The summed E-state index contributed by atoms with van der Waals surface area (Å²) < 4.78 is 0. The number of hydrogen-bond acceptors (Lipinski definition) is 2. The third kappa shape index (κ3) is 3.66. The van der Waals surface area contributed by atoms with E-state index in [-0.39, 0.29) is 0 Å². The Hall–Kier alpha value is -0.660. The SMILES string of the molecule is O=CCCC1CCC2C[C@H](CCC=O)CC[C@@H]2C1. The summed E-state index contributed by atoms with van der Waals surface area (Å²) in [6.07, 6.45) is 14.0. The van der Waals surface area contributed by atoms with E-state index in [4.69, 9.17) is 0 Å². The molecule has 0 saturated heterocycles. The van der Waals surface area contributed by atoms with E-state index in [1.807, 2.05) is 0 Å². The predicted octanol–water partition coefficient (Wildman–Crippen LogP) is 3.78. The molecule has 0 N–H and O–H groups in total. The van der Waals surface area contributed by atoms with E-state index in [0.717, 1.165) is 61.9 Å². The van der Waals surface area contributed by atoms with Gasteiger partial charge in [-0.3, -0.25) is 0 Å². The minimum Gasteiger partial charge on any atom is -0.303 e. The van der Waals surface area contributed by atoms with Crippen LogP contribution in [0.3, 0.4) is 0 Å². The molecule has 2 aliphatic rings. The van der Waals surface area contributed by atoms with Crippen LogP contribution in [0, 0.1) is 23.7 Å². The first-order valence-corrected chi connectivity index (χ1v) is 7.70. The van der Waals surface area contributed by atoms with Crippen molar-refractivity contribution in [3.05, 3.63) is 0 Å². The van der Waals surface area contributed by atoms with Gasteiger partial charge in [0.1, 0.15) is 12.6 Å². The van der Waals surface area contributed by atoms with Crippen molar-refractivity contribution in [2.75, 3.05) is 0 Å². The maximum absolute atomic E-state index is 10.4. The zero-order chi connectivity index (χ0) is 12.8. The van der Waals surface area contributed by atoms with Crippen LogP contribution in [-0.2, 0) is 9.59 Å². The lowest BCUT2D eigenvalue weighted by atomic mass is 9.64. The Morgan fingerprint density at radius 3 is 1.56 bits per heavy atom. The zero-order valence-corrected chi connectivity index (χ0v) is 11.4. The molecule has 0 bridgehead atoms. The van der Waals surface area contributed by atoms with Gasteiger partial charge in [0.2, 0.25) is 0 Å². The summed E-state index contributed by atoms with van der Waals surface area (Å²) in [6.45, 7) is 0. The van der Waals surface area contributed by atoms with Gasteiger partial charge in [-0.05, 0) is 62.2 Å². The van der Waals surface area contributed by atoms with Crippen LogP contribution in [0.2, 0.25) is 0 Å². The maximum atomic E-state index is 10.4. The molecular formula is C16H26O2. The van der Waals surface area contributed by atoms with Gasteiger partial charge >= 0.3 is 0 Å². The van der Waals surface area contributed by atoms with Crippen molar-refractivity contribution in [3.63, 3.8) is 0 Å². The van der Waals surface area contributed by atoms with Gasteiger partial charge in [0, 0.05) is 12.8 Å². The summed E-state index contributed by atoms with van der Waals surface area (Å²) in [5.74, 6) is 3.46. The summed E-state index contributed by atoms with van der Waals surface area (Å²) in [6, 6.07) is 0. The van der Waals surface area contributed by atoms with Crippen molar-refractivity contribution in [2.24, 2.45) is 23.7 Å². The number of rotatable bonds is 6. The maximum Gasteiger partial charge on any atom is 0.120 e. The average molecular weight is 250 g/mol. The molecule has 0 aromatic rings. The Balaban J connectivity index is 1.76. The van der Waals surface area contributed by atoms with E-state index in [2.05, 4.69) is 0 Å². The van der Waals surface area contributed by atoms with Gasteiger partial charge in [0.25, 0.3) is 0 Å². The van der Waals surface area contributed by atoms with Crippen LogP contribution >= 0.6 is 0 Å². The fraction of sp³-hybridized carbons (Fsp3) is 0.875. The standard InChI is InChI=1S/C16H26O2/c17-9-1-3-13-5-7-16-12-14(4-2-10-18)6-8-15(16)11-13/h9-10,13-16H,1-8,11-12H2/t13-,14?,15?,16-/m1/s1. The molecule has 0 aliphatic heterocycles. The number of aldehydes is 2. The van der Waals surface area contributed by atoms with Crippen LogP contribution in [0.15, 0.2) is 0 Å². The highest BCUT2D eigenvalue weighted by Gasteiger charge is 2.34. The molecule has 2 aliphatic carbocycles. The van der Waals surface area contributed by atoms with Crippen LogP contribution < -0.4 is 0 Å². The third-order valence-corrected chi connectivity index (χ3v) is 5.22. The van der Waals surface area contributed by atoms with Crippen LogP contribution in [0.25, 0.3) is 0 Å². The Morgan fingerprint density at radius 2 is 1.17 bits per heavy atom. The fourth-order valence-corrected chi connectivity index (χ4v) is 4.22. The molecule has 0 spiro atoms. The topological polar surface area (TPSA) is 34.1 Å². The molecule has 2 fully saturated rings. The number of hydrogen-bond donors (Lipinski definition) is 0. The Kier molecular flexibility index (Phi) is 5.40. The molecule has 4 atom stereocenters. The Bertz CT molecular complexity index is 246. The lowest BCUT2D eigenvalue weighted by Gasteiger charge is -2.42. The van der Waals surface area contributed by atoms with E-state index in [1.54, 1.807) is 0 Å². The van der Waals surface area contributed by atoms with Gasteiger partial charge in [-0.15, -0.1) is 0 Å². The quantitative estimate of drug-likeness (QED) is 0.672. The summed E-state index contributed by atoms with van der Waals surface area (Å²) in [5.41, 5.74) is 0. The van der Waals surface area contributed by atoms with Crippen molar-refractivity contribution in [1.29, 1.82) is 0 Å². The molecule has 0 heterocycles. The molecule has 0 amide bonds. The zero-order valence-electron chi connectivity index (χ0n) is 11.4. The highest BCUT2D eigenvalue weighted by Crippen LogP contribution is 2.46. The first-order valence-electron chi connectivity index (χ1n) is 7.70. The van der Waals surface area contributed by atoms with Gasteiger partial charge in [0.05, 0.1) is 0 Å². The second-order valence-electron chi connectivity index (χ2n) is 6.37. The number of carbonyl (C=O) groups is 2. The molecule has 0 aromatic carbocycles. The first-order chi connectivity index (χ1) is 8.83. The van der Waals surface area contributed by atoms with E-state index in [0.29, 0.717) is 0 Å². The fourth-order valence-electron chi connectivity index (χ4n) is 4.22. The van der Waals surface area contributed by atoms with Crippen molar-refractivity contribution >= 4 is 12.6 Å². The van der Waals surface area contributed by atoms with Gasteiger partial charge in [-0.2, -0.15) is 0 Å². The highest BCUT2D eigenvalue weighted by molar-refractivity contribution is 5.49. The largest absolute Gasteiger partial charge is 0.303 e. The molecule has 2 heteroatoms. The Labute approximate surface area is 111 Å². The second-order valence-corrected chi connectivity index (χ2v) is 6.37. The average Bonchev–Trinajstić information content (AvgIpc) is 2.42. The van der Waals surface area contributed by atoms with E-state index in [9.17, 15) is 9.59 Å². The third-order valence-electron chi connectivity index (χ3n) is 5.22. The van der Waals surface area contributed by atoms with Gasteiger partial charge in [-0.1, -0.05) is 12.8 Å². The molecule has 18 heavy (non-hydrogen) atoms. The summed E-state index contributed by atoms with van der Waals surface area (Å²) in [4.78, 5) is 20.9. The molecule has 102 valence electrons. The molecule has 2 unspecified atom stereocenters. The van der Waals surface area contributed by atoms with E-state index >= 15 is 0 Å². The molecule has 2 saturated carbocycles. The van der Waals surface area contributed by atoms with Gasteiger partial charge < -0.3 is 9.59 Å². The summed E-state index contributed by atoms with van der Waals surface area (Å²) in [7, 11) is 0. The van der Waals surface area contributed by atoms with E-state index in [1.165, 1.54) is 38.5 Å². The summed E-state index contributed by atoms with van der Waals surface area (Å²) in [5, 5.41) is 0. The second kappa shape index (κ2) is 7.06. The Morgan fingerprint density at radius 1 is 0.722 bits per heavy atom. The van der Waals surface area contributed by atoms with Crippen LogP contribution in [0.1, 0.15) is 64.2 Å². The summed E-state index contributed by atoms with van der Waals surface area (Å²) >= 11 is 0. The number of carbonyl (C=O) groups excluding carboxylic acids is 2. The lowest BCUT2D eigenvalue weighted by Crippen LogP contribution is -2.31. The molecule has 2 rings (SSSR count). The monoisotopic (exact) mass is 250 g/mol. The van der Waals surface area contributed by atoms with E-state index < -0.39 is 0 Å². The van der Waals surface area contributed by atoms with Crippen LogP contribution in [-0.4, -0.2) is 12.6 Å². The van der Waals surface area contributed by atoms with Gasteiger partial charge in [-0.25, -0.2) is 0 Å². The first kappa shape index (κ1) is 13.8. The van der Waals surface area contributed by atoms with Crippen molar-refractivity contribution in [1.82, 2.24) is 0 Å². The van der Waals surface area contributed by atoms with Crippen LogP contribution in [0.4, 0.5) is 0 Å². The predicted molar refractivity (Wildman–Crippen MR) is 72.3 cm³/mol. The lowest BCUT2D eigenvalue weighted by molar-refractivity contribution is -0.109. The molecule has 2 nitrogen and oxygen atoms in total. The van der Waals surface area contributed by atoms with Gasteiger partial charge in [0.15, 0.2) is 0 Å². The van der Waals surface area contributed by atoms with Crippen molar-refractivity contribution in [3.8, 4) is 0 Å². The van der Waals surface area contributed by atoms with Crippen molar-refractivity contribution in [2.45, 2.75) is 64.2 Å². The normalized spacial score (nSPS) is 35.8. The number of fused-ring (bicyclic) bond motifs is 1. The van der Waals surface area contributed by atoms with Crippen LogP contribution in [0.5, 0.6) is 0 Å². The molecular weight excluding hydrogens is 224 g/mol. The minimum atomic E-state index is 0.754. The smallest absolute Gasteiger partial charge is 0.120 e. The van der Waals surface area contributed by atoms with Crippen molar-refractivity contribution < 1.29 is 9.59 Å². The molecule has 0 aromatic heterocycles. The highest BCUT2D eigenvalue weighted by atomic mass is 16.1.